The Bertz CT molecular complexity index is 1120. The van der Waals surface area contributed by atoms with Crippen LogP contribution in [0.15, 0.2) is 36.7 Å². The minimum atomic E-state index is -0.00352. The van der Waals surface area contributed by atoms with Gasteiger partial charge in [0.25, 0.3) is 0 Å². The molecular formula is C22H23N5O3. The SMILES string of the molecule is Cc1cc(-c2ccn3nc(NC(=O)C4CC4)cc3c2)c(O[C@@H]2[C@@H]3CO[C@H]2CN3)cn1. The Hall–Kier alpha value is -2.97. The lowest BCUT2D eigenvalue weighted by molar-refractivity contribution is -0.117. The van der Waals surface area contributed by atoms with Gasteiger partial charge in [-0.25, -0.2) is 4.52 Å². The van der Waals surface area contributed by atoms with Crippen LogP contribution in [0.25, 0.3) is 16.6 Å². The third-order valence-electron chi connectivity index (χ3n) is 6.07. The van der Waals surface area contributed by atoms with Gasteiger partial charge in [0.05, 0.1) is 24.4 Å². The van der Waals surface area contributed by atoms with Crippen LogP contribution >= 0.6 is 0 Å². The van der Waals surface area contributed by atoms with Crippen LogP contribution in [0.5, 0.6) is 5.75 Å². The highest BCUT2D eigenvalue weighted by Crippen LogP contribution is 2.35. The van der Waals surface area contributed by atoms with E-state index in [1.54, 1.807) is 10.7 Å². The summed E-state index contributed by atoms with van der Waals surface area (Å²) in [4.78, 5) is 16.5. The molecule has 0 spiro atoms. The Morgan fingerprint density at radius 2 is 2.23 bits per heavy atom. The molecule has 6 rings (SSSR count). The van der Waals surface area contributed by atoms with Crippen LogP contribution < -0.4 is 15.4 Å². The number of amides is 1. The molecule has 1 aliphatic carbocycles. The molecule has 30 heavy (non-hydrogen) atoms. The first-order chi connectivity index (χ1) is 14.6. The summed E-state index contributed by atoms with van der Waals surface area (Å²) in [5.74, 6) is 1.54. The number of aromatic nitrogens is 3. The van der Waals surface area contributed by atoms with E-state index in [2.05, 4.69) is 26.8 Å². The van der Waals surface area contributed by atoms with E-state index in [0.29, 0.717) is 12.4 Å². The first kappa shape index (κ1) is 17.9. The van der Waals surface area contributed by atoms with Crippen LogP contribution in [-0.4, -0.2) is 51.9 Å². The molecule has 8 heteroatoms. The van der Waals surface area contributed by atoms with Crippen molar-refractivity contribution in [1.29, 1.82) is 0 Å². The molecule has 1 amide bonds. The van der Waals surface area contributed by atoms with Crippen molar-refractivity contribution in [2.45, 2.75) is 38.0 Å². The molecule has 2 aliphatic heterocycles. The fraction of sp³-hybridized carbons (Fsp3) is 0.409. The number of nitrogens with zero attached hydrogens (tertiary/aromatic N) is 3. The molecule has 1 saturated carbocycles. The average Bonchev–Trinajstić information content (AvgIpc) is 3.31. The van der Waals surface area contributed by atoms with Crippen molar-refractivity contribution in [3.8, 4) is 16.9 Å². The zero-order chi connectivity index (χ0) is 20.2. The topological polar surface area (TPSA) is 89.8 Å². The van der Waals surface area contributed by atoms with Crippen LogP contribution in [0.4, 0.5) is 5.82 Å². The number of nitrogens with one attached hydrogen (secondary N) is 2. The van der Waals surface area contributed by atoms with Crippen LogP contribution in [0.1, 0.15) is 18.5 Å². The molecule has 3 aromatic heterocycles. The Morgan fingerprint density at radius 1 is 1.33 bits per heavy atom. The third kappa shape index (κ3) is 3.12. The first-order valence-electron chi connectivity index (χ1n) is 10.4. The van der Waals surface area contributed by atoms with Crippen molar-refractivity contribution in [1.82, 2.24) is 19.9 Å². The zero-order valence-electron chi connectivity index (χ0n) is 16.7. The van der Waals surface area contributed by atoms with E-state index in [0.717, 1.165) is 47.5 Å². The van der Waals surface area contributed by atoms with Crippen LogP contribution in [-0.2, 0) is 9.53 Å². The molecule has 8 nitrogen and oxygen atoms in total. The second-order valence-corrected chi connectivity index (χ2v) is 8.37. The molecule has 3 aromatic rings. The number of fused-ring (bicyclic) bond motifs is 3. The van der Waals surface area contributed by atoms with Gasteiger partial charge in [0.2, 0.25) is 5.91 Å². The van der Waals surface area contributed by atoms with Crippen molar-refractivity contribution in [2.24, 2.45) is 5.92 Å². The van der Waals surface area contributed by atoms with Crippen LogP contribution in [0, 0.1) is 12.8 Å². The van der Waals surface area contributed by atoms with Gasteiger partial charge in [-0.05, 0) is 43.5 Å². The van der Waals surface area contributed by atoms with E-state index in [-0.39, 0.29) is 30.1 Å². The maximum Gasteiger partial charge on any atom is 0.228 e. The summed E-state index contributed by atoms with van der Waals surface area (Å²) in [6.45, 7) is 3.47. The quantitative estimate of drug-likeness (QED) is 0.676. The molecule has 2 bridgehead atoms. The second-order valence-electron chi connectivity index (χ2n) is 8.37. The smallest absolute Gasteiger partial charge is 0.228 e. The molecule has 3 aliphatic rings. The van der Waals surface area contributed by atoms with Gasteiger partial charge in [-0.2, -0.15) is 5.10 Å². The normalized spacial score (nSPS) is 25.0. The molecule has 2 N–H and O–H groups in total. The van der Waals surface area contributed by atoms with E-state index >= 15 is 0 Å². The highest BCUT2D eigenvalue weighted by Gasteiger charge is 2.45. The van der Waals surface area contributed by atoms with Gasteiger partial charge in [0.1, 0.15) is 18.0 Å². The number of carbonyl (C=O) groups is 1. The number of ether oxygens (including phenoxy) is 2. The van der Waals surface area contributed by atoms with Gasteiger partial charge in [-0.1, -0.05) is 0 Å². The summed E-state index contributed by atoms with van der Waals surface area (Å²) >= 11 is 0. The summed E-state index contributed by atoms with van der Waals surface area (Å²) in [5.41, 5.74) is 3.83. The summed E-state index contributed by atoms with van der Waals surface area (Å²) < 4.78 is 13.9. The van der Waals surface area contributed by atoms with Gasteiger partial charge >= 0.3 is 0 Å². The number of aryl methyl sites for hydroxylation is 1. The highest BCUT2D eigenvalue weighted by molar-refractivity contribution is 5.93. The molecule has 0 unspecified atom stereocenters. The lowest BCUT2D eigenvalue weighted by Crippen LogP contribution is -2.34. The van der Waals surface area contributed by atoms with Gasteiger partial charge in [0, 0.05) is 36.0 Å². The molecule has 154 valence electrons. The van der Waals surface area contributed by atoms with Crippen molar-refractivity contribution in [2.75, 3.05) is 18.5 Å². The molecular weight excluding hydrogens is 382 g/mol. The van der Waals surface area contributed by atoms with Crippen LogP contribution in [0.3, 0.4) is 0 Å². The molecule has 5 heterocycles. The average molecular weight is 405 g/mol. The largest absolute Gasteiger partial charge is 0.484 e. The fourth-order valence-corrected chi connectivity index (χ4v) is 4.26. The second kappa shape index (κ2) is 6.78. The number of hydrogen-bond donors (Lipinski definition) is 2. The number of pyridine rings is 2. The van der Waals surface area contributed by atoms with E-state index < -0.39 is 0 Å². The summed E-state index contributed by atoms with van der Waals surface area (Å²) in [6.07, 6.45) is 5.72. The van der Waals surface area contributed by atoms with E-state index in [4.69, 9.17) is 9.47 Å². The van der Waals surface area contributed by atoms with Crippen LogP contribution in [0.2, 0.25) is 0 Å². The van der Waals surface area contributed by atoms with E-state index in [1.807, 2.05) is 31.3 Å². The molecule has 0 aromatic carbocycles. The van der Waals surface area contributed by atoms with Gasteiger partial charge in [0.15, 0.2) is 5.82 Å². The number of carbonyl (C=O) groups excluding carboxylic acids is 1. The van der Waals surface area contributed by atoms with Gasteiger partial charge in [-0.3, -0.25) is 9.78 Å². The predicted octanol–water partition coefficient (Wildman–Crippen LogP) is 2.17. The van der Waals surface area contributed by atoms with Crippen molar-refractivity contribution < 1.29 is 14.3 Å². The van der Waals surface area contributed by atoms with Crippen molar-refractivity contribution in [3.05, 3.63) is 42.4 Å². The first-order valence-corrected chi connectivity index (χ1v) is 10.4. The number of morpholine rings is 1. The number of hydrogen-bond acceptors (Lipinski definition) is 6. The lowest BCUT2D eigenvalue weighted by atomic mass is 10.1. The predicted molar refractivity (Wildman–Crippen MR) is 110 cm³/mol. The lowest BCUT2D eigenvalue weighted by Gasteiger charge is -2.19. The molecule has 3 fully saturated rings. The van der Waals surface area contributed by atoms with Gasteiger partial charge < -0.3 is 20.1 Å². The summed E-state index contributed by atoms with van der Waals surface area (Å²) in [6, 6.07) is 8.22. The standard InChI is InChI=1S/C22H23N5O3/c1-12-6-16(18(9-23-12)30-21-17-11-29-19(21)10-24-17)14-4-5-27-15(7-14)8-20(26-27)25-22(28)13-2-3-13/h4-9,13,17,19,21,24H,2-3,10-11H2,1H3,(H,25,26,28)/t17-,19-,21+/m0/s1. The summed E-state index contributed by atoms with van der Waals surface area (Å²) in [7, 11) is 0. The monoisotopic (exact) mass is 405 g/mol. The molecule has 3 atom stereocenters. The third-order valence-corrected chi connectivity index (χ3v) is 6.07. The Balaban J connectivity index is 1.32. The fourth-order valence-electron chi connectivity index (χ4n) is 4.26. The van der Waals surface area contributed by atoms with E-state index in [9.17, 15) is 4.79 Å². The Labute approximate surface area is 173 Å². The minimum Gasteiger partial charge on any atom is -0.484 e. The van der Waals surface area contributed by atoms with E-state index in [1.165, 1.54) is 0 Å². The van der Waals surface area contributed by atoms with Crippen molar-refractivity contribution in [3.63, 3.8) is 0 Å². The Morgan fingerprint density at radius 3 is 2.97 bits per heavy atom. The molecule has 2 saturated heterocycles. The van der Waals surface area contributed by atoms with Gasteiger partial charge in [-0.15, -0.1) is 0 Å². The minimum absolute atomic E-state index is 0.00352. The maximum absolute atomic E-state index is 12.0. The summed E-state index contributed by atoms with van der Waals surface area (Å²) in [5, 5.41) is 10.8. The number of rotatable bonds is 5. The zero-order valence-corrected chi connectivity index (χ0v) is 16.7. The van der Waals surface area contributed by atoms with Crippen molar-refractivity contribution >= 4 is 17.2 Å². The maximum atomic E-state index is 12.0. The highest BCUT2D eigenvalue weighted by atomic mass is 16.6. The Kier molecular flexibility index (Phi) is 4.04. The number of anilines is 1. The molecule has 0 radical (unpaired) electrons.